The molecule has 5 rings (SSSR count). The number of hydrogen-bond acceptors (Lipinski definition) is 6. The lowest BCUT2D eigenvalue weighted by molar-refractivity contribution is 0.0923. The molecule has 1 aliphatic rings. The fourth-order valence-electron chi connectivity index (χ4n) is 3.78. The molecule has 0 bridgehead atoms. The Hall–Kier alpha value is -3.25. The first-order chi connectivity index (χ1) is 18.2. The molecule has 3 N–H and O–H groups in total. The van der Waals surface area contributed by atoms with Gasteiger partial charge in [0.15, 0.2) is 0 Å². The van der Waals surface area contributed by atoms with Crippen molar-refractivity contribution in [1.82, 2.24) is 14.8 Å². The molecule has 2 aromatic carbocycles. The van der Waals surface area contributed by atoms with Gasteiger partial charge in [0.2, 0.25) is 0 Å². The summed E-state index contributed by atoms with van der Waals surface area (Å²) in [5.74, 6) is -1.62. The maximum Gasteiger partial charge on any atom is 0.275 e. The van der Waals surface area contributed by atoms with E-state index in [1.807, 2.05) is 0 Å². The Morgan fingerprint density at radius 3 is 2.68 bits per heavy atom. The largest absolute Gasteiger partial charge is 0.378 e. The molecule has 1 aliphatic heterocycles. The van der Waals surface area contributed by atoms with Gasteiger partial charge >= 0.3 is 0 Å². The summed E-state index contributed by atoms with van der Waals surface area (Å²) in [4.78, 5) is 16.8. The van der Waals surface area contributed by atoms with Crippen LogP contribution in [0.5, 0.6) is 0 Å². The summed E-state index contributed by atoms with van der Waals surface area (Å²) in [6, 6.07) is 8.35. The van der Waals surface area contributed by atoms with Crippen molar-refractivity contribution in [2.75, 3.05) is 18.5 Å². The number of alkyl halides is 1. The van der Waals surface area contributed by atoms with Crippen LogP contribution in [-0.2, 0) is 11.8 Å². The van der Waals surface area contributed by atoms with E-state index in [1.165, 1.54) is 47.9 Å². The monoisotopic (exact) mass is 563 g/mol. The molecular weight excluding hydrogens is 539 g/mol. The SMILES string of the molecule is Cn1cc(NC(=O)c2csc(-c3cccc(F)c3-c3cccc(F)c3Cl)n2)cn1.NC1CCCOCC1F. The van der Waals surface area contributed by atoms with Gasteiger partial charge in [-0.05, 0) is 25.0 Å². The summed E-state index contributed by atoms with van der Waals surface area (Å²) in [5, 5.41) is 8.49. The number of aryl methyl sites for hydroxylation is 1. The maximum absolute atomic E-state index is 14.7. The molecule has 0 radical (unpaired) electrons. The highest BCUT2D eigenvalue weighted by atomic mass is 35.5. The number of ether oxygens (including phenoxy) is 1. The van der Waals surface area contributed by atoms with Crippen LogP contribution in [0.25, 0.3) is 21.7 Å². The second-order valence-corrected chi connectivity index (χ2v) is 9.79. The van der Waals surface area contributed by atoms with Gasteiger partial charge in [-0.1, -0.05) is 35.9 Å². The number of nitrogens with two attached hydrogens (primary N) is 1. The first-order valence-electron chi connectivity index (χ1n) is 11.7. The molecular formula is C26H25ClF3N5O2S. The quantitative estimate of drug-likeness (QED) is 0.324. The molecule has 3 heterocycles. The van der Waals surface area contributed by atoms with Gasteiger partial charge in [-0.15, -0.1) is 11.3 Å². The van der Waals surface area contributed by atoms with E-state index in [2.05, 4.69) is 15.4 Å². The zero-order chi connectivity index (χ0) is 27.2. The second-order valence-electron chi connectivity index (χ2n) is 8.56. The number of nitrogens with one attached hydrogen (secondary N) is 1. The Labute approximate surface area is 226 Å². The van der Waals surface area contributed by atoms with Crippen molar-refractivity contribution < 1.29 is 22.7 Å². The van der Waals surface area contributed by atoms with Crippen LogP contribution in [-0.4, -0.2) is 46.1 Å². The molecule has 0 spiro atoms. The first-order valence-corrected chi connectivity index (χ1v) is 13.0. The minimum atomic E-state index is -0.951. The van der Waals surface area contributed by atoms with Crippen molar-refractivity contribution in [1.29, 1.82) is 0 Å². The van der Waals surface area contributed by atoms with Crippen LogP contribution in [0.3, 0.4) is 0 Å². The fraction of sp³-hybridized carbons (Fsp3) is 0.269. The molecule has 2 atom stereocenters. The van der Waals surface area contributed by atoms with E-state index < -0.39 is 23.7 Å². The van der Waals surface area contributed by atoms with Crippen LogP contribution in [0, 0.1) is 11.6 Å². The Morgan fingerprint density at radius 2 is 1.95 bits per heavy atom. The third kappa shape index (κ3) is 6.60. The molecule has 38 heavy (non-hydrogen) atoms. The normalized spacial score (nSPS) is 17.3. The van der Waals surface area contributed by atoms with Gasteiger partial charge in [0.1, 0.15) is 28.5 Å². The Morgan fingerprint density at radius 1 is 1.21 bits per heavy atom. The van der Waals surface area contributed by atoms with Crippen LogP contribution < -0.4 is 11.1 Å². The minimum Gasteiger partial charge on any atom is -0.378 e. The number of aromatic nitrogens is 3. The van der Waals surface area contributed by atoms with Crippen molar-refractivity contribution >= 4 is 34.5 Å². The smallest absolute Gasteiger partial charge is 0.275 e. The molecule has 4 aromatic rings. The third-order valence-corrected chi connectivity index (χ3v) is 6.99. The Bertz CT molecular complexity index is 1400. The highest BCUT2D eigenvalue weighted by molar-refractivity contribution is 7.13. The molecule has 2 unspecified atom stereocenters. The van der Waals surface area contributed by atoms with Gasteiger partial charge in [-0.3, -0.25) is 9.48 Å². The lowest BCUT2D eigenvalue weighted by atomic mass is 9.99. The Balaban J connectivity index is 0.000000317. The molecule has 12 heteroatoms. The zero-order valence-electron chi connectivity index (χ0n) is 20.3. The van der Waals surface area contributed by atoms with Gasteiger partial charge in [0, 0.05) is 48.0 Å². The number of benzene rings is 2. The number of carbonyl (C=O) groups excluding carboxylic acids is 1. The summed E-state index contributed by atoms with van der Waals surface area (Å²) in [7, 11) is 1.74. The highest BCUT2D eigenvalue weighted by Crippen LogP contribution is 2.39. The van der Waals surface area contributed by atoms with Crippen LogP contribution >= 0.6 is 22.9 Å². The predicted molar refractivity (Wildman–Crippen MR) is 142 cm³/mol. The zero-order valence-corrected chi connectivity index (χ0v) is 21.9. The van der Waals surface area contributed by atoms with Crippen molar-refractivity contribution in [3.63, 3.8) is 0 Å². The van der Waals surface area contributed by atoms with Gasteiger partial charge in [0.25, 0.3) is 5.91 Å². The van der Waals surface area contributed by atoms with E-state index in [9.17, 15) is 18.0 Å². The van der Waals surface area contributed by atoms with E-state index in [0.717, 1.165) is 12.8 Å². The Kier molecular flexibility index (Phi) is 9.16. The summed E-state index contributed by atoms with van der Waals surface area (Å²) >= 11 is 7.25. The second kappa shape index (κ2) is 12.5. The minimum absolute atomic E-state index is 0.130. The number of carbonyl (C=O) groups is 1. The summed E-state index contributed by atoms with van der Waals surface area (Å²) < 4.78 is 47.7. The van der Waals surface area contributed by atoms with E-state index in [1.54, 1.807) is 29.4 Å². The molecule has 200 valence electrons. The maximum atomic E-state index is 14.7. The van der Waals surface area contributed by atoms with Crippen LogP contribution in [0.4, 0.5) is 18.9 Å². The van der Waals surface area contributed by atoms with Crippen molar-refractivity contribution in [2.45, 2.75) is 25.1 Å². The molecule has 2 aromatic heterocycles. The predicted octanol–water partition coefficient (Wildman–Crippen LogP) is 5.86. The average molecular weight is 564 g/mol. The average Bonchev–Trinajstić information content (AvgIpc) is 3.50. The summed E-state index contributed by atoms with van der Waals surface area (Å²) in [5.41, 5.74) is 6.90. The number of thiazole rings is 1. The van der Waals surface area contributed by atoms with Gasteiger partial charge in [-0.2, -0.15) is 5.10 Å². The molecule has 1 fully saturated rings. The summed E-state index contributed by atoms with van der Waals surface area (Å²) in [6.45, 7) is 0.843. The molecule has 1 saturated heterocycles. The standard InChI is InChI=1S/C20H13ClF2N4OS.C6H12FNO/c1-27-9-11(8-24-27)25-19(28)16-10-29-20(26-16)13-5-3-6-14(22)17(13)12-4-2-7-15(23)18(12)21;7-5-4-9-3-1-2-6(5)8/h2-10H,1H3,(H,25,28);5-6H,1-4,8H2. The van der Waals surface area contributed by atoms with Crippen LogP contribution in [0.2, 0.25) is 5.02 Å². The highest BCUT2D eigenvalue weighted by Gasteiger charge is 2.21. The van der Waals surface area contributed by atoms with Gasteiger partial charge in [0.05, 0.1) is 23.5 Å². The number of hydrogen-bond donors (Lipinski definition) is 2. The number of amides is 1. The lowest BCUT2D eigenvalue weighted by Crippen LogP contribution is -2.32. The van der Waals surface area contributed by atoms with Crippen molar-refractivity contribution in [3.05, 3.63) is 76.5 Å². The number of anilines is 1. The van der Waals surface area contributed by atoms with E-state index >= 15 is 0 Å². The lowest BCUT2D eigenvalue weighted by Gasteiger charge is -2.11. The van der Waals surface area contributed by atoms with Crippen molar-refractivity contribution in [3.8, 4) is 21.7 Å². The topological polar surface area (TPSA) is 95.1 Å². The van der Waals surface area contributed by atoms with E-state index in [4.69, 9.17) is 22.1 Å². The number of rotatable bonds is 4. The van der Waals surface area contributed by atoms with Crippen LogP contribution in [0.15, 0.2) is 54.2 Å². The van der Waals surface area contributed by atoms with Crippen molar-refractivity contribution in [2.24, 2.45) is 12.8 Å². The van der Waals surface area contributed by atoms with Crippen LogP contribution in [0.1, 0.15) is 23.3 Å². The fourth-order valence-corrected chi connectivity index (χ4v) is 4.83. The molecule has 0 saturated carbocycles. The molecule has 1 amide bonds. The molecule has 0 aliphatic carbocycles. The first kappa shape index (κ1) is 27.8. The van der Waals surface area contributed by atoms with Gasteiger partial charge < -0.3 is 15.8 Å². The summed E-state index contributed by atoms with van der Waals surface area (Å²) in [6.07, 6.45) is 3.86. The number of halogens is 4. The third-order valence-electron chi connectivity index (χ3n) is 5.73. The number of nitrogens with zero attached hydrogens (tertiary/aromatic N) is 3. The van der Waals surface area contributed by atoms with E-state index in [0.29, 0.717) is 22.9 Å². The van der Waals surface area contributed by atoms with E-state index in [-0.39, 0.29) is 34.5 Å². The van der Waals surface area contributed by atoms with Gasteiger partial charge in [-0.25, -0.2) is 18.2 Å². The molecule has 7 nitrogen and oxygen atoms in total.